The number of nitrogens with zero attached hydrogens (tertiary/aromatic N) is 1. The third kappa shape index (κ3) is 3.77. The van der Waals surface area contributed by atoms with E-state index in [-0.39, 0.29) is 27.7 Å². The Morgan fingerprint density at radius 3 is 2.55 bits per heavy atom. The largest absolute Gasteiger partial charge is 0.442 e. The molecule has 0 aromatic carbocycles. The monoisotopic (exact) mass is 315 g/mol. The highest BCUT2D eigenvalue weighted by molar-refractivity contribution is 6.55. The van der Waals surface area contributed by atoms with Crippen molar-refractivity contribution in [1.82, 2.24) is 0 Å². The first-order valence-electron chi connectivity index (χ1n) is 6.55. The quantitative estimate of drug-likeness (QED) is 0.559. The molecular formula is C15H19Cl2NO2. The number of hydrogen-bond donors (Lipinski definition) is 0. The first-order valence-corrected chi connectivity index (χ1v) is 7.30. The average molecular weight is 316 g/mol. The molecule has 1 fully saturated rings. The molecule has 0 spiro atoms. The molecule has 20 heavy (non-hydrogen) atoms. The van der Waals surface area contributed by atoms with E-state index in [0.717, 1.165) is 12.0 Å². The zero-order valence-electron chi connectivity index (χ0n) is 12.1. The summed E-state index contributed by atoms with van der Waals surface area (Å²) in [4.78, 5) is 12.2. The van der Waals surface area contributed by atoms with Crippen molar-refractivity contribution in [1.29, 1.82) is 5.26 Å². The molecule has 0 amide bonds. The van der Waals surface area contributed by atoms with E-state index in [1.165, 1.54) is 0 Å². The Morgan fingerprint density at radius 2 is 2.10 bits per heavy atom. The molecule has 0 aromatic heterocycles. The van der Waals surface area contributed by atoms with Crippen molar-refractivity contribution in [3.8, 4) is 6.07 Å². The lowest BCUT2D eigenvalue weighted by molar-refractivity contribution is -0.147. The third-order valence-corrected chi connectivity index (χ3v) is 4.01. The van der Waals surface area contributed by atoms with Gasteiger partial charge in [-0.25, -0.2) is 0 Å². The highest BCUT2D eigenvalue weighted by atomic mass is 35.5. The molecule has 0 aromatic rings. The van der Waals surface area contributed by atoms with E-state index in [9.17, 15) is 4.79 Å². The molecule has 1 aliphatic rings. The molecule has 1 rings (SSSR count). The maximum absolute atomic E-state index is 12.2. The normalized spacial score (nSPS) is 25.4. The van der Waals surface area contributed by atoms with Gasteiger partial charge in [-0.05, 0) is 36.3 Å². The van der Waals surface area contributed by atoms with Crippen LogP contribution in [0.15, 0.2) is 22.2 Å². The van der Waals surface area contributed by atoms with Crippen molar-refractivity contribution in [2.75, 3.05) is 0 Å². The summed E-state index contributed by atoms with van der Waals surface area (Å²) in [6.45, 7) is 7.66. The molecule has 3 atom stereocenters. The Balaban J connectivity index is 2.76. The van der Waals surface area contributed by atoms with Crippen molar-refractivity contribution < 1.29 is 9.53 Å². The standard InChI is InChI=1S/C15H19Cl2NO2/c1-5-6-9(2)11(8-18)20-14(19)13-10(7-12(16)17)15(13,3)4/h6-7,10-11,13H,5H2,1-4H3. The number of carbonyl (C=O) groups excluding carboxylic acids is 1. The van der Waals surface area contributed by atoms with Gasteiger partial charge in [0.2, 0.25) is 6.10 Å². The Kier molecular flexibility index (Phi) is 5.68. The second-order valence-corrected chi connectivity index (χ2v) is 6.59. The highest BCUT2D eigenvalue weighted by Gasteiger charge is 2.61. The molecule has 3 unspecified atom stereocenters. The number of rotatable bonds is 5. The van der Waals surface area contributed by atoms with E-state index in [1.807, 2.05) is 32.9 Å². The third-order valence-electron chi connectivity index (χ3n) is 3.76. The second kappa shape index (κ2) is 6.65. The summed E-state index contributed by atoms with van der Waals surface area (Å²) in [6.07, 6.45) is 3.51. The van der Waals surface area contributed by atoms with E-state index in [1.54, 1.807) is 13.0 Å². The van der Waals surface area contributed by atoms with Gasteiger partial charge in [-0.3, -0.25) is 4.79 Å². The van der Waals surface area contributed by atoms with Crippen LogP contribution in [0.3, 0.4) is 0 Å². The zero-order chi connectivity index (χ0) is 15.5. The van der Waals surface area contributed by atoms with Crippen LogP contribution in [0.5, 0.6) is 0 Å². The van der Waals surface area contributed by atoms with Crippen molar-refractivity contribution in [2.24, 2.45) is 17.3 Å². The molecule has 3 nitrogen and oxygen atoms in total. The molecule has 0 saturated heterocycles. The van der Waals surface area contributed by atoms with E-state index in [0.29, 0.717) is 0 Å². The molecule has 0 N–H and O–H groups in total. The lowest BCUT2D eigenvalue weighted by atomic mass is 10.1. The lowest BCUT2D eigenvalue weighted by Gasteiger charge is -2.12. The van der Waals surface area contributed by atoms with E-state index >= 15 is 0 Å². The SMILES string of the molecule is CCC=C(C)C(C#N)OC(=O)C1C(C=C(Cl)Cl)C1(C)C. The fourth-order valence-electron chi connectivity index (χ4n) is 2.41. The van der Waals surface area contributed by atoms with Gasteiger partial charge in [-0.2, -0.15) is 5.26 Å². The van der Waals surface area contributed by atoms with Crippen molar-refractivity contribution >= 4 is 29.2 Å². The molecule has 1 saturated carbocycles. The molecule has 0 radical (unpaired) electrons. The maximum Gasteiger partial charge on any atom is 0.311 e. The van der Waals surface area contributed by atoms with Crippen LogP contribution in [0.2, 0.25) is 0 Å². The number of halogens is 2. The number of allylic oxidation sites excluding steroid dienone is 2. The topological polar surface area (TPSA) is 50.1 Å². The van der Waals surface area contributed by atoms with Gasteiger partial charge in [-0.1, -0.05) is 50.0 Å². The van der Waals surface area contributed by atoms with Crippen LogP contribution in [-0.4, -0.2) is 12.1 Å². The molecule has 0 aliphatic heterocycles. The fourth-order valence-corrected chi connectivity index (χ4v) is 2.69. The summed E-state index contributed by atoms with van der Waals surface area (Å²) in [5.41, 5.74) is 0.512. The molecular weight excluding hydrogens is 297 g/mol. The Labute approximate surface area is 130 Å². The summed E-state index contributed by atoms with van der Waals surface area (Å²) in [5.74, 6) is -0.726. The van der Waals surface area contributed by atoms with E-state index in [2.05, 4.69) is 0 Å². The molecule has 5 heteroatoms. The number of carbonyl (C=O) groups is 1. The second-order valence-electron chi connectivity index (χ2n) is 5.58. The predicted molar refractivity (Wildman–Crippen MR) is 80.1 cm³/mol. The summed E-state index contributed by atoms with van der Waals surface area (Å²) >= 11 is 11.3. The van der Waals surface area contributed by atoms with Gasteiger partial charge in [0.1, 0.15) is 10.6 Å². The van der Waals surface area contributed by atoms with E-state index in [4.69, 9.17) is 33.2 Å². The first-order chi connectivity index (χ1) is 9.25. The molecule has 0 bridgehead atoms. The number of nitriles is 1. The Morgan fingerprint density at radius 1 is 1.50 bits per heavy atom. The van der Waals surface area contributed by atoms with Crippen LogP contribution in [0, 0.1) is 28.6 Å². The fraction of sp³-hybridized carbons (Fsp3) is 0.600. The smallest absolute Gasteiger partial charge is 0.311 e. The highest BCUT2D eigenvalue weighted by Crippen LogP contribution is 2.60. The molecule has 110 valence electrons. The van der Waals surface area contributed by atoms with Crippen LogP contribution in [0.25, 0.3) is 0 Å². The van der Waals surface area contributed by atoms with Crippen LogP contribution >= 0.6 is 23.2 Å². The minimum Gasteiger partial charge on any atom is -0.442 e. The summed E-state index contributed by atoms with van der Waals surface area (Å²) in [5, 5.41) is 9.09. The van der Waals surface area contributed by atoms with Gasteiger partial charge in [0.25, 0.3) is 0 Å². The lowest BCUT2D eigenvalue weighted by Crippen LogP contribution is -2.20. The Hall–Kier alpha value is -0.980. The summed E-state index contributed by atoms with van der Waals surface area (Å²) in [6, 6.07) is 2.00. The van der Waals surface area contributed by atoms with Gasteiger partial charge < -0.3 is 4.74 Å². The maximum atomic E-state index is 12.2. The predicted octanol–water partition coefficient (Wildman–Crippen LogP) is 4.37. The van der Waals surface area contributed by atoms with E-state index < -0.39 is 6.10 Å². The summed E-state index contributed by atoms with van der Waals surface area (Å²) in [7, 11) is 0. The van der Waals surface area contributed by atoms with Crippen LogP contribution in [-0.2, 0) is 9.53 Å². The van der Waals surface area contributed by atoms with Gasteiger partial charge in [0.05, 0.1) is 5.92 Å². The zero-order valence-corrected chi connectivity index (χ0v) is 13.6. The Bertz CT molecular complexity index is 485. The molecule has 0 heterocycles. The average Bonchev–Trinajstić information content (AvgIpc) is 2.86. The van der Waals surface area contributed by atoms with Crippen LogP contribution in [0.4, 0.5) is 0 Å². The number of esters is 1. The first kappa shape index (κ1) is 17.1. The van der Waals surface area contributed by atoms with Crippen molar-refractivity contribution in [3.05, 3.63) is 22.2 Å². The number of ether oxygens (including phenoxy) is 1. The summed E-state index contributed by atoms with van der Waals surface area (Å²) < 4.78 is 5.45. The van der Waals surface area contributed by atoms with Crippen molar-refractivity contribution in [3.63, 3.8) is 0 Å². The molecule has 1 aliphatic carbocycles. The number of hydrogen-bond acceptors (Lipinski definition) is 3. The van der Waals surface area contributed by atoms with Gasteiger partial charge in [0.15, 0.2) is 0 Å². The van der Waals surface area contributed by atoms with Crippen LogP contribution in [0.1, 0.15) is 34.1 Å². The van der Waals surface area contributed by atoms with Crippen molar-refractivity contribution in [2.45, 2.75) is 40.2 Å². The minimum absolute atomic E-state index is 0.0465. The van der Waals surface area contributed by atoms with Crippen LogP contribution < -0.4 is 0 Å². The minimum atomic E-state index is -0.824. The van der Waals surface area contributed by atoms with Gasteiger partial charge in [-0.15, -0.1) is 0 Å². The van der Waals surface area contributed by atoms with Gasteiger partial charge in [0, 0.05) is 0 Å². The van der Waals surface area contributed by atoms with Gasteiger partial charge >= 0.3 is 5.97 Å².